The number of likely N-dealkylation sites (N-methyl/N-ethyl adjacent to an activating group) is 1. The van der Waals surface area contributed by atoms with E-state index in [9.17, 15) is 4.39 Å². The Morgan fingerprint density at radius 3 is 2.70 bits per heavy atom. The second-order valence-electron chi connectivity index (χ2n) is 4.82. The monoisotopic (exact) mass is 299 g/mol. The molecule has 112 valence electrons. The van der Waals surface area contributed by atoms with Crippen LogP contribution in [-0.4, -0.2) is 44.3 Å². The molecule has 0 aliphatic rings. The summed E-state index contributed by atoms with van der Waals surface area (Å²) < 4.78 is 18.5. The van der Waals surface area contributed by atoms with E-state index in [0.29, 0.717) is 5.11 Å². The van der Waals surface area contributed by atoms with E-state index in [2.05, 4.69) is 15.5 Å². The Morgan fingerprint density at radius 1 is 1.45 bits per heavy atom. The van der Waals surface area contributed by atoms with E-state index in [4.69, 9.17) is 17.0 Å². The molecule has 6 heteroatoms. The van der Waals surface area contributed by atoms with Gasteiger partial charge in [0.2, 0.25) is 0 Å². The second-order valence-corrected chi connectivity index (χ2v) is 5.23. The molecule has 0 saturated heterocycles. The fourth-order valence-corrected chi connectivity index (χ4v) is 1.95. The van der Waals surface area contributed by atoms with Gasteiger partial charge >= 0.3 is 0 Å². The van der Waals surface area contributed by atoms with Crippen molar-refractivity contribution in [2.24, 2.45) is 0 Å². The molecule has 1 rings (SSSR count). The summed E-state index contributed by atoms with van der Waals surface area (Å²) in [7, 11) is 5.45. The van der Waals surface area contributed by atoms with E-state index >= 15 is 0 Å². The lowest BCUT2D eigenvalue weighted by atomic mass is 10.1. The molecule has 0 saturated carbocycles. The van der Waals surface area contributed by atoms with Crippen molar-refractivity contribution in [1.82, 2.24) is 15.5 Å². The van der Waals surface area contributed by atoms with Crippen LogP contribution >= 0.6 is 12.2 Å². The molecule has 20 heavy (non-hydrogen) atoms. The molecule has 0 unspecified atom stereocenters. The van der Waals surface area contributed by atoms with Gasteiger partial charge in [-0.25, -0.2) is 4.39 Å². The molecule has 1 aromatic rings. The number of hydrogen-bond donors (Lipinski definition) is 2. The van der Waals surface area contributed by atoms with Gasteiger partial charge in [0.25, 0.3) is 0 Å². The van der Waals surface area contributed by atoms with Gasteiger partial charge in [-0.3, -0.25) is 0 Å². The number of benzene rings is 1. The lowest BCUT2D eigenvalue weighted by Gasteiger charge is -2.18. The van der Waals surface area contributed by atoms with Gasteiger partial charge < -0.3 is 20.3 Å². The number of ether oxygens (including phenoxy) is 1. The van der Waals surface area contributed by atoms with Gasteiger partial charge in [-0.2, -0.15) is 0 Å². The van der Waals surface area contributed by atoms with Gasteiger partial charge in [-0.1, -0.05) is 6.07 Å². The van der Waals surface area contributed by atoms with Crippen LogP contribution < -0.4 is 15.4 Å². The highest BCUT2D eigenvalue weighted by atomic mass is 32.1. The topological polar surface area (TPSA) is 36.5 Å². The van der Waals surface area contributed by atoms with Gasteiger partial charge in [0.05, 0.1) is 13.2 Å². The van der Waals surface area contributed by atoms with Gasteiger partial charge in [-0.15, -0.1) is 0 Å². The van der Waals surface area contributed by atoms with Crippen LogP contribution in [0.3, 0.4) is 0 Å². The van der Waals surface area contributed by atoms with Crippen LogP contribution in [0.15, 0.2) is 18.2 Å². The lowest BCUT2D eigenvalue weighted by molar-refractivity contribution is 0.386. The molecule has 0 aromatic heterocycles. The molecule has 0 fully saturated rings. The first kappa shape index (κ1) is 16.7. The summed E-state index contributed by atoms with van der Waals surface area (Å²) in [6, 6.07) is 4.82. The van der Waals surface area contributed by atoms with Crippen molar-refractivity contribution in [3.63, 3.8) is 0 Å². The summed E-state index contributed by atoms with van der Waals surface area (Å²) in [6.07, 6.45) is 0. The first-order valence-electron chi connectivity index (χ1n) is 6.46. The molecule has 2 N–H and O–H groups in total. The highest BCUT2D eigenvalue weighted by Crippen LogP contribution is 2.21. The largest absolute Gasteiger partial charge is 0.494 e. The third kappa shape index (κ3) is 5.30. The second kappa shape index (κ2) is 8.01. The summed E-state index contributed by atoms with van der Waals surface area (Å²) in [4.78, 5) is 2.07. The highest BCUT2D eigenvalue weighted by Gasteiger charge is 2.10. The van der Waals surface area contributed by atoms with Crippen molar-refractivity contribution >= 4 is 17.3 Å². The Bertz CT molecular complexity index is 454. The Morgan fingerprint density at radius 2 is 2.15 bits per heavy atom. The Balaban J connectivity index is 2.51. The fraction of sp³-hybridized carbons (Fsp3) is 0.500. The van der Waals surface area contributed by atoms with Crippen molar-refractivity contribution < 1.29 is 9.13 Å². The predicted molar refractivity (Wildman–Crippen MR) is 83.7 cm³/mol. The van der Waals surface area contributed by atoms with E-state index in [-0.39, 0.29) is 17.6 Å². The molecule has 0 heterocycles. The zero-order valence-corrected chi connectivity index (χ0v) is 13.2. The third-order valence-corrected chi connectivity index (χ3v) is 3.13. The van der Waals surface area contributed by atoms with Crippen LogP contribution in [0.1, 0.15) is 18.5 Å². The third-order valence-electron chi connectivity index (χ3n) is 2.87. The van der Waals surface area contributed by atoms with Crippen molar-refractivity contribution in [3.8, 4) is 5.75 Å². The summed E-state index contributed by atoms with van der Waals surface area (Å²) in [6.45, 7) is 3.59. The minimum Gasteiger partial charge on any atom is -0.494 e. The average molecular weight is 299 g/mol. The maximum atomic E-state index is 13.6. The fourth-order valence-electron chi connectivity index (χ4n) is 1.68. The molecule has 1 atom stereocenters. The number of methoxy groups -OCH3 is 1. The zero-order valence-electron chi connectivity index (χ0n) is 12.4. The quantitative estimate of drug-likeness (QED) is 0.785. The van der Waals surface area contributed by atoms with Gasteiger partial charge in [0, 0.05) is 13.1 Å². The standard InChI is InChI=1S/C14H22FN3OS/c1-10(17-14(20)16-7-8-18(2)3)11-5-6-13(19-4)12(15)9-11/h5-6,9-10H,7-8H2,1-4H3,(H2,16,17,20)/t10-/m1/s1. The molecule has 0 radical (unpaired) electrons. The number of hydrogen-bond acceptors (Lipinski definition) is 3. The average Bonchev–Trinajstić information content (AvgIpc) is 2.38. The van der Waals surface area contributed by atoms with Crippen LogP contribution in [0.4, 0.5) is 4.39 Å². The molecule has 0 amide bonds. The van der Waals surface area contributed by atoms with Gasteiger partial charge in [-0.05, 0) is 50.9 Å². The SMILES string of the molecule is COc1ccc([C@@H](C)NC(=S)NCCN(C)C)cc1F. The Labute approximate surface area is 125 Å². The van der Waals surface area contributed by atoms with E-state index in [1.54, 1.807) is 6.07 Å². The number of thiocarbonyl (C=S) groups is 1. The number of nitrogens with one attached hydrogen (secondary N) is 2. The Hall–Kier alpha value is -1.40. The maximum Gasteiger partial charge on any atom is 0.166 e. The first-order chi connectivity index (χ1) is 9.43. The molecular weight excluding hydrogens is 277 g/mol. The molecule has 0 aliphatic carbocycles. The van der Waals surface area contributed by atoms with Gasteiger partial charge in [0.1, 0.15) is 0 Å². The summed E-state index contributed by atoms with van der Waals surface area (Å²) >= 11 is 5.20. The molecule has 0 spiro atoms. The number of nitrogens with zero attached hydrogens (tertiary/aromatic N) is 1. The predicted octanol–water partition coefficient (Wildman–Crippen LogP) is 1.92. The first-order valence-corrected chi connectivity index (χ1v) is 6.87. The van der Waals surface area contributed by atoms with Crippen LogP contribution in [0.5, 0.6) is 5.75 Å². The summed E-state index contributed by atoms with van der Waals surface area (Å²) in [5.41, 5.74) is 0.819. The molecule has 1 aromatic carbocycles. The normalized spacial score (nSPS) is 12.1. The van der Waals surface area contributed by atoms with Crippen LogP contribution in [0.2, 0.25) is 0 Å². The summed E-state index contributed by atoms with van der Waals surface area (Å²) in [5, 5.41) is 6.81. The molecule has 0 bridgehead atoms. The number of halogens is 1. The minimum atomic E-state index is -0.370. The van der Waals surface area contributed by atoms with E-state index in [0.717, 1.165) is 18.7 Å². The highest BCUT2D eigenvalue weighted by molar-refractivity contribution is 7.80. The van der Waals surface area contributed by atoms with Crippen LogP contribution in [-0.2, 0) is 0 Å². The van der Waals surface area contributed by atoms with E-state index in [1.807, 2.05) is 27.1 Å². The van der Waals surface area contributed by atoms with Crippen molar-refractivity contribution in [2.75, 3.05) is 34.3 Å². The lowest BCUT2D eigenvalue weighted by Crippen LogP contribution is -2.39. The van der Waals surface area contributed by atoms with Gasteiger partial charge in [0.15, 0.2) is 16.7 Å². The smallest absolute Gasteiger partial charge is 0.166 e. The number of rotatable bonds is 6. The van der Waals surface area contributed by atoms with Crippen LogP contribution in [0, 0.1) is 5.82 Å². The zero-order chi connectivity index (χ0) is 15.1. The van der Waals surface area contributed by atoms with E-state index in [1.165, 1.54) is 13.2 Å². The van der Waals surface area contributed by atoms with Crippen molar-refractivity contribution in [3.05, 3.63) is 29.6 Å². The van der Waals surface area contributed by atoms with Crippen LogP contribution in [0.25, 0.3) is 0 Å². The van der Waals surface area contributed by atoms with Crippen molar-refractivity contribution in [1.29, 1.82) is 0 Å². The molecule has 0 aliphatic heterocycles. The van der Waals surface area contributed by atoms with E-state index < -0.39 is 0 Å². The molecular formula is C14H22FN3OS. The molecule has 4 nitrogen and oxygen atoms in total. The Kier molecular flexibility index (Phi) is 6.67. The van der Waals surface area contributed by atoms with Crippen molar-refractivity contribution in [2.45, 2.75) is 13.0 Å². The summed E-state index contributed by atoms with van der Waals surface area (Å²) in [5.74, 6) is -0.127. The maximum absolute atomic E-state index is 13.6. The minimum absolute atomic E-state index is 0.0743.